The molecule has 1 fully saturated rings. The Morgan fingerprint density at radius 3 is 2.16 bits per heavy atom. The number of carbonyl (C=O) groups is 4. The highest BCUT2D eigenvalue weighted by Crippen LogP contribution is 2.43. The van der Waals surface area contributed by atoms with Gasteiger partial charge in [0.2, 0.25) is 5.91 Å². The molecule has 4 heterocycles. The van der Waals surface area contributed by atoms with Crippen LogP contribution < -0.4 is 21.1 Å². The molecule has 0 spiro atoms. The number of rotatable bonds is 17. The Morgan fingerprint density at radius 1 is 0.922 bits per heavy atom. The molecule has 4 N–H and O–H groups in total. The minimum absolute atomic E-state index is 0.0145. The van der Waals surface area contributed by atoms with Gasteiger partial charge in [0.1, 0.15) is 47.8 Å². The third-order valence-corrected chi connectivity index (χ3v) is 12.5. The number of thioether (sulfide) groups is 1. The summed E-state index contributed by atoms with van der Waals surface area (Å²) in [5.74, 6) is -1.34. The number of methoxy groups -OCH3 is 1. The van der Waals surface area contributed by atoms with Gasteiger partial charge in [0.25, 0.3) is 11.8 Å². The van der Waals surface area contributed by atoms with E-state index in [1.807, 2.05) is 54.6 Å². The molecule has 64 heavy (non-hydrogen) atoms. The van der Waals surface area contributed by atoms with Crippen LogP contribution in [0, 0.1) is 0 Å². The fraction of sp³-hybridized carbons (Fsp3) is 0.170. The molecule has 1 saturated heterocycles. The topological polar surface area (TPSA) is 201 Å². The number of nitrogens with zero attached hydrogens (tertiary/aromatic N) is 4. The van der Waals surface area contributed by atoms with Crippen molar-refractivity contribution in [3.63, 3.8) is 0 Å². The second-order valence-electron chi connectivity index (χ2n) is 14.5. The van der Waals surface area contributed by atoms with Crippen molar-refractivity contribution in [2.45, 2.75) is 30.0 Å². The van der Waals surface area contributed by atoms with Gasteiger partial charge in [0.15, 0.2) is 16.6 Å². The number of primary amides is 1. The number of esters is 1. The van der Waals surface area contributed by atoms with Crippen LogP contribution in [-0.2, 0) is 47.3 Å². The average molecular weight is 896 g/mol. The van der Waals surface area contributed by atoms with E-state index < -0.39 is 40.6 Å². The molecule has 0 unspecified atom stereocenters. The summed E-state index contributed by atoms with van der Waals surface area (Å²) in [7, 11) is 2.87. The van der Waals surface area contributed by atoms with E-state index in [-0.39, 0.29) is 35.9 Å². The first-order valence-electron chi connectivity index (χ1n) is 19.9. The molecule has 3 amide bonds. The van der Waals surface area contributed by atoms with Gasteiger partial charge >= 0.3 is 5.97 Å². The van der Waals surface area contributed by atoms with Crippen molar-refractivity contribution >= 4 is 63.7 Å². The number of benzene rings is 4. The van der Waals surface area contributed by atoms with E-state index >= 15 is 0 Å². The number of aromatic nitrogens is 2. The van der Waals surface area contributed by atoms with Gasteiger partial charge in [-0.2, -0.15) is 0 Å². The molecular weight excluding hydrogens is 855 g/mol. The van der Waals surface area contributed by atoms with Gasteiger partial charge in [0, 0.05) is 17.2 Å². The standard InChI is InChI=1S/C47H41N7O8S2/c1-59-35-21-18-29(19-22-35)26-61-45(58)41-30(20-23-36-24-34(52-62-36)25-38(48)55)27-63-44-40(43(57)54(41)44)50-42(56)39(53-60-2)37-28-64-46(49-37)51-47(31-12-6-3-7-13-31,32-14-8-4-9-15-32)33-16-10-5-11-17-33/h3-24,28,40,44H,25-27H2,1-2H3,(H2,48,55)(H,49,51)(H,50,56)/b23-20+,53-39-/t40-,44-/m1/s1. The third kappa shape index (κ3) is 9.02. The normalized spacial score (nSPS) is 16.2. The van der Waals surface area contributed by atoms with Crippen LogP contribution in [0.15, 0.2) is 154 Å². The van der Waals surface area contributed by atoms with Gasteiger partial charge in [-0.15, -0.1) is 23.1 Å². The Balaban J connectivity index is 1.04. The Labute approximate surface area is 376 Å². The molecule has 17 heteroatoms. The van der Waals surface area contributed by atoms with Crippen molar-refractivity contribution in [1.82, 2.24) is 20.4 Å². The molecule has 2 aliphatic heterocycles. The van der Waals surface area contributed by atoms with Crippen molar-refractivity contribution < 1.29 is 38.0 Å². The van der Waals surface area contributed by atoms with E-state index in [1.54, 1.807) is 55.0 Å². The first-order chi connectivity index (χ1) is 31.2. The number of hydrogen-bond donors (Lipinski definition) is 3. The van der Waals surface area contributed by atoms with Crippen molar-refractivity contribution in [3.05, 3.63) is 183 Å². The number of nitrogens with two attached hydrogens (primary N) is 1. The second-order valence-corrected chi connectivity index (χ2v) is 16.5. The minimum atomic E-state index is -1.03. The molecule has 2 aromatic heterocycles. The summed E-state index contributed by atoms with van der Waals surface area (Å²) in [5.41, 5.74) is 8.92. The fourth-order valence-corrected chi connectivity index (χ4v) is 9.51. The number of fused-ring (bicyclic) bond motifs is 1. The first kappa shape index (κ1) is 43.2. The van der Waals surface area contributed by atoms with E-state index in [0.717, 1.165) is 16.7 Å². The summed E-state index contributed by atoms with van der Waals surface area (Å²) >= 11 is 2.63. The van der Waals surface area contributed by atoms with Gasteiger partial charge in [-0.3, -0.25) is 19.3 Å². The van der Waals surface area contributed by atoms with E-state index in [1.165, 1.54) is 35.1 Å². The molecule has 0 aliphatic carbocycles. The molecule has 0 bridgehead atoms. The van der Waals surface area contributed by atoms with Crippen LogP contribution in [-0.4, -0.2) is 75.8 Å². The van der Waals surface area contributed by atoms with Gasteiger partial charge < -0.3 is 35.2 Å². The quantitative estimate of drug-likeness (QED) is 0.0316. The molecule has 0 radical (unpaired) electrons. The average Bonchev–Trinajstić information content (AvgIpc) is 3.99. The molecule has 4 aromatic carbocycles. The fourth-order valence-electron chi connectivity index (χ4n) is 7.44. The number of β-lactam (4-membered cyclic amide) rings is 1. The maximum absolute atomic E-state index is 14.1. The minimum Gasteiger partial charge on any atom is -0.497 e. The van der Waals surface area contributed by atoms with Crippen molar-refractivity contribution in [2.75, 3.05) is 25.3 Å². The summed E-state index contributed by atoms with van der Waals surface area (Å²) in [6, 6.07) is 37.6. The third-order valence-electron chi connectivity index (χ3n) is 10.4. The summed E-state index contributed by atoms with van der Waals surface area (Å²) in [5, 5.41) is 16.0. The lowest BCUT2D eigenvalue weighted by molar-refractivity contribution is -0.153. The lowest BCUT2D eigenvalue weighted by Crippen LogP contribution is -2.71. The van der Waals surface area contributed by atoms with Gasteiger partial charge in [0.05, 0.1) is 19.2 Å². The Bertz CT molecular complexity index is 2640. The number of allylic oxidation sites excluding steroid dienone is 1. The number of ether oxygens (including phenoxy) is 2. The van der Waals surface area contributed by atoms with E-state index in [0.29, 0.717) is 33.5 Å². The lowest BCUT2D eigenvalue weighted by atomic mass is 9.77. The Hall–Kier alpha value is -7.50. The molecule has 6 aromatic rings. The molecule has 15 nitrogen and oxygen atoms in total. The van der Waals surface area contributed by atoms with Crippen LogP contribution in [0.5, 0.6) is 5.75 Å². The van der Waals surface area contributed by atoms with E-state index in [4.69, 9.17) is 29.6 Å². The number of oxime groups is 1. The summed E-state index contributed by atoms with van der Waals surface area (Å²) in [6.45, 7) is -0.0770. The number of carbonyl (C=O) groups excluding carboxylic acids is 4. The van der Waals surface area contributed by atoms with E-state index in [2.05, 4.69) is 57.3 Å². The number of anilines is 1. The highest BCUT2D eigenvalue weighted by Gasteiger charge is 2.54. The highest BCUT2D eigenvalue weighted by molar-refractivity contribution is 8.00. The maximum Gasteiger partial charge on any atom is 0.355 e. The van der Waals surface area contributed by atoms with Crippen LogP contribution >= 0.6 is 23.1 Å². The van der Waals surface area contributed by atoms with Crippen molar-refractivity contribution in [3.8, 4) is 5.75 Å². The van der Waals surface area contributed by atoms with Crippen LogP contribution in [0.4, 0.5) is 5.13 Å². The van der Waals surface area contributed by atoms with Crippen LogP contribution in [0.25, 0.3) is 6.08 Å². The second kappa shape index (κ2) is 19.3. The maximum atomic E-state index is 14.1. The molecule has 2 atom stereocenters. The van der Waals surface area contributed by atoms with Gasteiger partial charge in [-0.1, -0.05) is 120 Å². The first-order valence-corrected chi connectivity index (χ1v) is 21.8. The molecule has 8 rings (SSSR count). The SMILES string of the molecule is CO/N=C(\C(=O)N[C@@H]1C(=O)N2C(C(=O)OCc3ccc(OC)cc3)=C(/C=C/c3cc(CC(N)=O)no3)CS[C@H]12)c1csc(NC(c2ccccc2)(c2ccccc2)c2ccccc2)n1. The smallest absolute Gasteiger partial charge is 0.355 e. The monoisotopic (exact) mass is 895 g/mol. The van der Waals surface area contributed by atoms with Crippen LogP contribution in [0.1, 0.15) is 39.4 Å². The molecular formula is C47H41N7O8S2. The number of thiazole rings is 1. The lowest BCUT2D eigenvalue weighted by Gasteiger charge is -2.49. The predicted octanol–water partition coefficient (Wildman–Crippen LogP) is 6.03. The summed E-state index contributed by atoms with van der Waals surface area (Å²) in [4.78, 5) is 64.7. The van der Waals surface area contributed by atoms with Crippen LogP contribution in [0.3, 0.4) is 0 Å². The zero-order chi connectivity index (χ0) is 44.6. The Morgan fingerprint density at radius 2 is 1.56 bits per heavy atom. The number of nitrogens with one attached hydrogen (secondary N) is 2. The Kier molecular flexibility index (Phi) is 13.0. The number of amides is 3. The predicted molar refractivity (Wildman–Crippen MR) is 242 cm³/mol. The summed E-state index contributed by atoms with van der Waals surface area (Å²) in [6.07, 6.45) is 3.09. The van der Waals surface area contributed by atoms with Crippen molar-refractivity contribution in [1.29, 1.82) is 0 Å². The van der Waals surface area contributed by atoms with Gasteiger partial charge in [-0.25, -0.2) is 9.78 Å². The zero-order valence-corrected chi connectivity index (χ0v) is 36.1. The van der Waals surface area contributed by atoms with Crippen molar-refractivity contribution in [2.24, 2.45) is 10.9 Å². The van der Waals surface area contributed by atoms with E-state index in [9.17, 15) is 19.2 Å². The zero-order valence-electron chi connectivity index (χ0n) is 34.5. The highest BCUT2D eigenvalue weighted by atomic mass is 32.2. The molecule has 0 saturated carbocycles. The largest absolute Gasteiger partial charge is 0.497 e. The molecule has 324 valence electrons. The summed E-state index contributed by atoms with van der Waals surface area (Å²) < 4.78 is 16.3. The molecule has 2 aliphatic rings. The number of hydrogen-bond acceptors (Lipinski definition) is 14. The van der Waals surface area contributed by atoms with Crippen LogP contribution in [0.2, 0.25) is 0 Å². The van der Waals surface area contributed by atoms with Gasteiger partial charge in [-0.05, 0) is 46.0 Å².